The Balaban J connectivity index is 2.01. The van der Waals surface area contributed by atoms with Gasteiger partial charge in [0, 0.05) is 18.2 Å². The predicted molar refractivity (Wildman–Crippen MR) is 124 cm³/mol. The predicted octanol–water partition coefficient (Wildman–Crippen LogP) is 5.93. The maximum atomic E-state index is 11.4. The number of non-ortho nitro benzene ring substituents is 2. The van der Waals surface area contributed by atoms with Crippen molar-refractivity contribution in [3.05, 3.63) is 101 Å². The third-order valence-electron chi connectivity index (χ3n) is 4.63. The Morgan fingerprint density at radius 3 is 2.09 bits per heavy atom. The van der Waals surface area contributed by atoms with Gasteiger partial charge in [0.25, 0.3) is 11.4 Å². The molecule has 176 valence electrons. The first-order valence-corrected chi connectivity index (χ1v) is 9.87. The van der Waals surface area contributed by atoms with Crippen LogP contribution in [0.15, 0.2) is 54.6 Å². The van der Waals surface area contributed by atoms with Gasteiger partial charge in [0.1, 0.15) is 0 Å². The molecule has 0 bridgehead atoms. The standard InChI is InChI=1S/C22H13ClN4O8/c1-34-21-10-13(8-15(12-24)14-2-4-16(5-3-14)25(28)29)9-18(23)22(21)35-20-7-6-17(26(30)31)11-19(20)27(32)33/h2-11H,1H3/b15-8+. The summed E-state index contributed by atoms with van der Waals surface area (Å²) in [6.07, 6.45) is 1.47. The summed E-state index contributed by atoms with van der Waals surface area (Å²) in [7, 11) is 1.30. The Kier molecular flexibility index (Phi) is 7.23. The van der Waals surface area contributed by atoms with Gasteiger partial charge in [0.2, 0.25) is 5.75 Å². The number of nitro benzene ring substituents is 3. The van der Waals surface area contributed by atoms with Crippen molar-refractivity contribution in [3.63, 3.8) is 0 Å². The molecule has 3 rings (SSSR count). The van der Waals surface area contributed by atoms with E-state index in [1.165, 1.54) is 49.6 Å². The van der Waals surface area contributed by atoms with E-state index in [1.807, 2.05) is 6.07 Å². The lowest BCUT2D eigenvalue weighted by Gasteiger charge is -2.13. The van der Waals surface area contributed by atoms with E-state index in [4.69, 9.17) is 21.1 Å². The Bertz CT molecular complexity index is 1410. The third-order valence-corrected chi connectivity index (χ3v) is 4.92. The van der Waals surface area contributed by atoms with Gasteiger partial charge in [-0.15, -0.1) is 0 Å². The summed E-state index contributed by atoms with van der Waals surface area (Å²) in [6.45, 7) is 0. The number of hydrogen-bond acceptors (Lipinski definition) is 9. The Morgan fingerprint density at radius 1 is 0.914 bits per heavy atom. The van der Waals surface area contributed by atoms with Crippen LogP contribution in [0.1, 0.15) is 11.1 Å². The van der Waals surface area contributed by atoms with E-state index in [1.54, 1.807) is 0 Å². The minimum atomic E-state index is -0.830. The summed E-state index contributed by atoms with van der Waals surface area (Å²) in [5.41, 5.74) is -0.248. The number of allylic oxidation sites excluding steroid dienone is 1. The van der Waals surface area contributed by atoms with Crippen LogP contribution < -0.4 is 9.47 Å². The lowest BCUT2D eigenvalue weighted by molar-refractivity contribution is -0.394. The number of halogens is 1. The maximum Gasteiger partial charge on any atom is 0.318 e. The average molecular weight is 497 g/mol. The van der Waals surface area contributed by atoms with Gasteiger partial charge in [0.15, 0.2) is 11.5 Å². The monoisotopic (exact) mass is 496 g/mol. The molecule has 0 amide bonds. The van der Waals surface area contributed by atoms with Crippen molar-refractivity contribution in [2.45, 2.75) is 0 Å². The topological polar surface area (TPSA) is 172 Å². The fraction of sp³-hybridized carbons (Fsp3) is 0.0455. The van der Waals surface area contributed by atoms with E-state index in [9.17, 15) is 35.6 Å². The van der Waals surface area contributed by atoms with E-state index >= 15 is 0 Å². The van der Waals surface area contributed by atoms with Crippen molar-refractivity contribution in [3.8, 4) is 23.3 Å². The van der Waals surface area contributed by atoms with Crippen LogP contribution in [0.5, 0.6) is 17.2 Å². The normalized spacial score (nSPS) is 10.8. The second-order valence-electron chi connectivity index (χ2n) is 6.78. The zero-order chi connectivity index (χ0) is 25.7. The van der Waals surface area contributed by atoms with Crippen LogP contribution in [-0.4, -0.2) is 21.9 Å². The van der Waals surface area contributed by atoms with Crippen molar-refractivity contribution in [1.82, 2.24) is 0 Å². The van der Waals surface area contributed by atoms with Crippen LogP contribution in [0.25, 0.3) is 11.6 Å². The molecule has 0 heterocycles. The number of hydrogen-bond donors (Lipinski definition) is 0. The van der Waals surface area contributed by atoms with E-state index in [2.05, 4.69) is 0 Å². The van der Waals surface area contributed by atoms with Crippen LogP contribution in [0, 0.1) is 41.7 Å². The molecule has 0 aromatic heterocycles. The van der Waals surface area contributed by atoms with Crippen LogP contribution in [0.4, 0.5) is 17.1 Å². The third kappa shape index (κ3) is 5.49. The molecule has 0 aliphatic carbocycles. The van der Waals surface area contributed by atoms with Gasteiger partial charge in [-0.05, 0) is 47.5 Å². The molecule has 0 atom stereocenters. The Hall–Kier alpha value is -5.02. The molecule has 3 aromatic carbocycles. The van der Waals surface area contributed by atoms with Crippen LogP contribution >= 0.6 is 11.6 Å². The van der Waals surface area contributed by atoms with Crippen molar-refractivity contribution >= 4 is 40.3 Å². The fourth-order valence-corrected chi connectivity index (χ4v) is 3.25. The quantitative estimate of drug-likeness (QED) is 0.158. The largest absolute Gasteiger partial charge is 0.493 e. The van der Waals surface area contributed by atoms with E-state index in [0.29, 0.717) is 11.1 Å². The van der Waals surface area contributed by atoms with Gasteiger partial charge in [-0.2, -0.15) is 5.26 Å². The molecule has 0 saturated heterocycles. The zero-order valence-electron chi connectivity index (χ0n) is 17.7. The van der Waals surface area contributed by atoms with Gasteiger partial charge in [0.05, 0.1) is 44.6 Å². The minimum absolute atomic E-state index is 0.0239. The van der Waals surface area contributed by atoms with Gasteiger partial charge in [-0.1, -0.05) is 11.6 Å². The van der Waals surface area contributed by atoms with Gasteiger partial charge in [-0.25, -0.2) is 0 Å². The molecule has 0 saturated carbocycles. The van der Waals surface area contributed by atoms with Crippen LogP contribution in [0.2, 0.25) is 5.02 Å². The molecule has 0 spiro atoms. The molecular formula is C22H13ClN4O8. The number of nitriles is 1. The second kappa shape index (κ2) is 10.3. The summed E-state index contributed by atoms with van der Waals surface area (Å²) < 4.78 is 10.9. The molecule has 0 aliphatic rings. The van der Waals surface area contributed by atoms with E-state index < -0.39 is 26.1 Å². The smallest absolute Gasteiger partial charge is 0.318 e. The highest BCUT2D eigenvalue weighted by Crippen LogP contribution is 2.43. The summed E-state index contributed by atoms with van der Waals surface area (Å²) in [4.78, 5) is 31.0. The molecule has 0 fully saturated rings. The van der Waals surface area contributed by atoms with E-state index in [0.717, 1.165) is 18.2 Å². The Morgan fingerprint density at radius 2 is 1.54 bits per heavy atom. The highest BCUT2D eigenvalue weighted by Gasteiger charge is 2.23. The average Bonchev–Trinajstić information content (AvgIpc) is 2.83. The summed E-state index contributed by atoms with van der Waals surface area (Å²) in [5, 5.41) is 42.7. The van der Waals surface area contributed by atoms with Gasteiger partial charge < -0.3 is 9.47 Å². The Labute approximate surface area is 201 Å². The number of nitrogens with zero attached hydrogens (tertiary/aromatic N) is 4. The number of methoxy groups -OCH3 is 1. The lowest BCUT2D eigenvalue weighted by atomic mass is 10.0. The van der Waals surface area contributed by atoms with Crippen molar-refractivity contribution in [2.24, 2.45) is 0 Å². The van der Waals surface area contributed by atoms with E-state index in [-0.39, 0.29) is 33.5 Å². The molecule has 0 unspecified atom stereocenters. The van der Waals surface area contributed by atoms with Gasteiger partial charge >= 0.3 is 5.69 Å². The minimum Gasteiger partial charge on any atom is -0.493 e. The second-order valence-corrected chi connectivity index (χ2v) is 7.18. The van der Waals surface area contributed by atoms with Crippen molar-refractivity contribution in [2.75, 3.05) is 7.11 Å². The summed E-state index contributed by atoms with van der Waals surface area (Å²) in [6, 6.07) is 13.1. The van der Waals surface area contributed by atoms with Gasteiger partial charge in [-0.3, -0.25) is 30.3 Å². The number of benzene rings is 3. The first kappa shape index (κ1) is 24.6. The molecule has 0 N–H and O–H groups in total. The lowest BCUT2D eigenvalue weighted by Crippen LogP contribution is -1.98. The van der Waals surface area contributed by atoms with Crippen LogP contribution in [-0.2, 0) is 0 Å². The molecule has 13 heteroatoms. The maximum absolute atomic E-state index is 11.4. The molecule has 12 nitrogen and oxygen atoms in total. The van der Waals surface area contributed by atoms with Crippen LogP contribution in [0.3, 0.4) is 0 Å². The number of rotatable bonds is 8. The molecule has 3 aromatic rings. The van der Waals surface area contributed by atoms with Crippen molar-refractivity contribution in [1.29, 1.82) is 5.26 Å². The summed E-state index contributed by atoms with van der Waals surface area (Å²) >= 11 is 6.33. The first-order chi connectivity index (χ1) is 16.6. The first-order valence-electron chi connectivity index (χ1n) is 9.49. The highest BCUT2D eigenvalue weighted by atomic mass is 35.5. The number of ether oxygens (including phenoxy) is 2. The SMILES string of the molecule is COc1cc(/C=C(\C#N)c2ccc([N+](=O)[O-])cc2)cc(Cl)c1Oc1ccc([N+](=O)[O-])cc1[N+](=O)[O-]. The summed E-state index contributed by atoms with van der Waals surface area (Å²) in [5.74, 6) is -0.317. The zero-order valence-corrected chi connectivity index (χ0v) is 18.5. The molecule has 0 aliphatic heterocycles. The molecule has 0 radical (unpaired) electrons. The molecular weight excluding hydrogens is 484 g/mol. The number of nitro groups is 3. The molecule has 35 heavy (non-hydrogen) atoms. The fourth-order valence-electron chi connectivity index (χ4n) is 2.99. The van der Waals surface area contributed by atoms with Crippen molar-refractivity contribution < 1.29 is 24.2 Å². The highest BCUT2D eigenvalue weighted by molar-refractivity contribution is 6.32.